The standard InChI is InChI=1S/C17H13ClN2O2/c18-12-5-3-4-11(8-12)9-16(22)20-17-13-6-1-2-7-14(13)19-10-15(17)21/h1-8,10,21H,9H2,(H,19,20,22). The number of carbonyl (C=O) groups is 1. The average molecular weight is 313 g/mol. The number of rotatable bonds is 3. The summed E-state index contributed by atoms with van der Waals surface area (Å²) < 4.78 is 0. The van der Waals surface area contributed by atoms with Gasteiger partial charge in [0.2, 0.25) is 5.91 Å². The van der Waals surface area contributed by atoms with E-state index < -0.39 is 0 Å². The molecule has 0 saturated carbocycles. The van der Waals surface area contributed by atoms with Gasteiger partial charge in [0.05, 0.1) is 23.8 Å². The van der Waals surface area contributed by atoms with E-state index in [1.165, 1.54) is 6.20 Å². The number of aromatic hydroxyl groups is 1. The second-order valence-corrected chi connectivity index (χ2v) is 5.33. The van der Waals surface area contributed by atoms with E-state index in [1.807, 2.05) is 24.3 Å². The van der Waals surface area contributed by atoms with Gasteiger partial charge in [-0.15, -0.1) is 0 Å². The molecule has 0 atom stereocenters. The molecule has 3 aromatic rings. The van der Waals surface area contributed by atoms with Crippen LogP contribution in [0.1, 0.15) is 5.56 Å². The highest BCUT2D eigenvalue weighted by molar-refractivity contribution is 6.30. The zero-order valence-electron chi connectivity index (χ0n) is 11.6. The van der Waals surface area contributed by atoms with Crippen molar-refractivity contribution in [2.45, 2.75) is 6.42 Å². The van der Waals surface area contributed by atoms with Crippen LogP contribution in [-0.4, -0.2) is 16.0 Å². The van der Waals surface area contributed by atoms with Crippen LogP contribution in [0.25, 0.3) is 10.9 Å². The summed E-state index contributed by atoms with van der Waals surface area (Å²) in [6.45, 7) is 0. The topological polar surface area (TPSA) is 62.2 Å². The number of anilines is 1. The fourth-order valence-electron chi connectivity index (χ4n) is 2.28. The monoisotopic (exact) mass is 312 g/mol. The predicted octanol–water partition coefficient (Wildman–Crippen LogP) is 3.78. The van der Waals surface area contributed by atoms with Gasteiger partial charge >= 0.3 is 0 Å². The van der Waals surface area contributed by atoms with Crippen LogP contribution in [0.3, 0.4) is 0 Å². The predicted molar refractivity (Wildman–Crippen MR) is 87.2 cm³/mol. The Morgan fingerprint density at radius 3 is 2.82 bits per heavy atom. The number of aromatic nitrogens is 1. The number of fused-ring (bicyclic) bond motifs is 1. The van der Waals surface area contributed by atoms with E-state index in [0.29, 0.717) is 21.6 Å². The quantitative estimate of drug-likeness (QED) is 0.773. The summed E-state index contributed by atoms with van der Waals surface area (Å²) in [6.07, 6.45) is 1.51. The van der Waals surface area contributed by atoms with Crippen LogP contribution in [0.15, 0.2) is 54.7 Å². The maximum Gasteiger partial charge on any atom is 0.228 e. The molecule has 1 aromatic heterocycles. The Balaban J connectivity index is 1.86. The molecule has 0 aliphatic heterocycles. The fourth-order valence-corrected chi connectivity index (χ4v) is 2.49. The summed E-state index contributed by atoms with van der Waals surface area (Å²) in [4.78, 5) is 16.3. The Kier molecular flexibility index (Phi) is 3.94. The third-order valence-corrected chi connectivity index (χ3v) is 3.51. The number of para-hydroxylation sites is 1. The lowest BCUT2D eigenvalue weighted by Crippen LogP contribution is -2.14. The molecule has 0 spiro atoms. The number of nitrogens with zero attached hydrogens (tertiary/aromatic N) is 1. The number of hydrogen-bond donors (Lipinski definition) is 2. The number of hydrogen-bond acceptors (Lipinski definition) is 3. The van der Waals surface area contributed by atoms with Crippen molar-refractivity contribution in [3.05, 3.63) is 65.3 Å². The van der Waals surface area contributed by atoms with E-state index in [1.54, 1.807) is 24.3 Å². The molecule has 1 amide bonds. The third kappa shape index (κ3) is 3.02. The molecule has 0 aliphatic carbocycles. The number of nitrogens with one attached hydrogen (secondary N) is 1. The average Bonchev–Trinajstić information content (AvgIpc) is 2.50. The van der Waals surface area contributed by atoms with Crippen LogP contribution < -0.4 is 5.32 Å². The first-order chi connectivity index (χ1) is 10.6. The Bertz CT molecular complexity index is 849. The van der Waals surface area contributed by atoms with E-state index in [0.717, 1.165) is 5.56 Å². The molecule has 1 heterocycles. The fraction of sp³-hybridized carbons (Fsp3) is 0.0588. The van der Waals surface area contributed by atoms with Crippen LogP contribution in [0.2, 0.25) is 5.02 Å². The largest absolute Gasteiger partial charge is 0.504 e. The molecule has 0 bridgehead atoms. The van der Waals surface area contributed by atoms with E-state index in [9.17, 15) is 9.90 Å². The Morgan fingerprint density at radius 1 is 1.18 bits per heavy atom. The van der Waals surface area contributed by atoms with E-state index in [-0.39, 0.29) is 18.1 Å². The van der Waals surface area contributed by atoms with Crippen molar-refractivity contribution in [1.82, 2.24) is 4.98 Å². The van der Waals surface area contributed by atoms with E-state index in [2.05, 4.69) is 10.3 Å². The van der Waals surface area contributed by atoms with Crippen LogP contribution in [0, 0.1) is 0 Å². The lowest BCUT2D eigenvalue weighted by atomic mass is 10.1. The Morgan fingerprint density at radius 2 is 2.00 bits per heavy atom. The number of pyridine rings is 1. The Hall–Kier alpha value is -2.59. The Labute approximate surface area is 132 Å². The molecule has 0 saturated heterocycles. The summed E-state index contributed by atoms with van der Waals surface area (Å²) in [5, 5.41) is 14.0. The van der Waals surface area contributed by atoms with Crippen molar-refractivity contribution in [2.24, 2.45) is 0 Å². The molecule has 2 aromatic carbocycles. The lowest BCUT2D eigenvalue weighted by molar-refractivity contribution is -0.115. The minimum Gasteiger partial charge on any atom is -0.504 e. The summed E-state index contributed by atoms with van der Waals surface area (Å²) in [7, 11) is 0. The smallest absolute Gasteiger partial charge is 0.228 e. The molecular weight excluding hydrogens is 300 g/mol. The van der Waals surface area contributed by atoms with Gasteiger partial charge < -0.3 is 10.4 Å². The zero-order chi connectivity index (χ0) is 15.5. The molecular formula is C17H13ClN2O2. The molecule has 3 rings (SSSR count). The number of halogens is 1. The molecule has 22 heavy (non-hydrogen) atoms. The highest BCUT2D eigenvalue weighted by Crippen LogP contribution is 2.30. The van der Waals surface area contributed by atoms with Gasteiger partial charge in [-0.05, 0) is 23.8 Å². The molecule has 0 radical (unpaired) electrons. The van der Waals surface area contributed by atoms with Gasteiger partial charge in [-0.3, -0.25) is 9.78 Å². The minimum atomic E-state index is -0.228. The molecule has 110 valence electrons. The van der Waals surface area contributed by atoms with Crippen molar-refractivity contribution in [3.8, 4) is 5.75 Å². The summed E-state index contributed by atoms with van der Waals surface area (Å²) in [5.41, 5.74) is 1.89. The van der Waals surface area contributed by atoms with Crippen molar-refractivity contribution < 1.29 is 9.90 Å². The maximum atomic E-state index is 12.2. The maximum absolute atomic E-state index is 12.2. The van der Waals surface area contributed by atoms with Crippen molar-refractivity contribution in [3.63, 3.8) is 0 Å². The SMILES string of the molecule is O=C(Cc1cccc(Cl)c1)Nc1c(O)cnc2ccccc12. The molecule has 5 heteroatoms. The van der Waals surface area contributed by atoms with Crippen LogP contribution in [0.4, 0.5) is 5.69 Å². The number of carbonyl (C=O) groups excluding carboxylic acids is 1. The molecule has 0 fully saturated rings. The number of amides is 1. The van der Waals surface area contributed by atoms with Crippen LogP contribution in [-0.2, 0) is 11.2 Å². The van der Waals surface area contributed by atoms with Gasteiger partial charge in [-0.2, -0.15) is 0 Å². The van der Waals surface area contributed by atoms with Crippen LogP contribution in [0.5, 0.6) is 5.75 Å². The highest BCUT2D eigenvalue weighted by atomic mass is 35.5. The first-order valence-corrected chi connectivity index (χ1v) is 7.12. The molecule has 2 N–H and O–H groups in total. The van der Waals surface area contributed by atoms with Gasteiger partial charge in [0.15, 0.2) is 5.75 Å². The van der Waals surface area contributed by atoms with Gasteiger partial charge in [0.25, 0.3) is 0 Å². The van der Waals surface area contributed by atoms with Gasteiger partial charge in [0, 0.05) is 10.4 Å². The molecule has 0 aliphatic rings. The molecule has 4 nitrogen and oxygen atoms in total. The third-order valence-electron chi connectivity index (χ3n) is 3.27. The van der Waals surface area contributed by atoms with E-state index in [4.69, 9.17) is 11.6 Å². The first kappa shape index (κ1) is 14.4. The minimum absolute atomic E-state index is 0.0573. The van der Waals surface area contributed by atoms with Crippen LogP contribution >= 0.6 is 11.6 Å². The normalized spacial score (nSPS) is 10.6. The van der Waals surface area contributed by atoms with Gasteiger partial charge in [-0.25, -0.2) is 0 Å². The number of benzene rings is 2. The summed E-state index contributed by atoms with van der Waals surface area (Å²) in [5.74, 6) is -0.285. The van der Waals surface area contributed by atoms with Crippen molar-refractivity contribution in [1.29, 1.82) is 0 Å². The second kappa shape index (κ2) is 6.03. The second-order valence-electron chi connectivity index (χ2n) is 4.89. The van der Waals surface area contributed by atoms with E-state index >= 15 is 0 Å². The zero-order valence-corrected chi connectivity index (χ0v) is 12.3. The van der Waals surface area contributed by atoms with Crippen molar-refractivity contribution >= 4 is 34.1 Å². The highest BCUT2D eigenvalue weighted by Gasteiger charge is 2.12. The van der Waals surface area contributed by atoms with Crippen molar-refractivity contribution in [2.75, 3.05) is 5.32 Å². The van der Waals surface area contributed by atoms with Gasteiger partial charge in [0.1, 0.15) is 0 Å². The van der Waals surface area contributed by atoms with Gasteiger partial charge in [-0.1, -0.05) is 41.9 Å². The first-order valence-electron chi connectivity index (χ1n) is 6.74. The summed E-state index contributed by atoms with van der Waals surface area (Å²) >= 11 is 5.91. The summed E-state index contributed by atoms with van der Waals surface area (Å²) in [6, 6.07) is 14.4. The molecule has 0 unspecified atom stereocenters. The lowest BCUT2D eigenvalue weighted by Gasteiger charge is -2.10.